The van der Waals surface area contributed by atoms with Crippen molar-refractivity contribution in [1.82, 2.24) is 16.0 Å². The van der Waals surface area contributed by atoms with Crippen molar-refractivity contribution in [3.05, 3.63) is 0 Å². The first-order valence-electron chi connectivity index (χ1n) is 9.62. The maximum absolute atomic E-state index is 12.7. The summed E-state index contributed by atoms with van der Waals surface area (Å²) in [7, 11) is 0. The molecule has 0 fully saturated rings. The van der Waals surface area contributed by atoms with Gasteiger partial charge in [-0.05, 0) is 50.2 Å². The molecule has 0 spiro atoms. The summed E-state index contributed by atoms with van der Waals surface area (Å²) in [6.07, 6.45) is 3.50. The lowest BCUT2D eigenvalue weighted by Gasteiger charge is -2.24. The largest absolute Gasteiger partial charge is 0.481 e. The number of carboxylic acids is 2. The Labute approximate surface area is 190 Å². The number of carbonyl (C=O) groups excluding carboxylic acids is 3. The third kappa shape index (κ3) is 12.5. The smallest absolute Gasteiger partial charge is 0.326 e. The summed E-state index contributed by atoms with van der Waals surface area (Å²) in [6.45, 7) is 1.41. The quantitative estimate of drug-likeness (QED) is 0.164. The van der Waals surface area contributed by atoms with Gasteiger partial charge in [0.05, 0.1) is 6.04 Å². The molecule has 3 amide bonds. The fourth-order valence-corrected chi connectivity index (χ4v) is 3.32. The van der Waals surface area contributed by atoms with Crippen LogP contribution in [0.25, 0.3) is 0 Å². The fourth-order valence-electron chi connectivity index (χ4n) is 2.38. The van der Waals surface area contributed by atoms with Crippen molar-refractivity contribution in [2.75, 3.05) is 24.0 Å². The molecule has 0 rings (SSSR count). The monoisotopic (exact) mass is 480 g/mol. The Hall–Kier alpha value is -1.99. The van der Waals surface area contributed by atoms with Gasteiger partial charge in [-0.15, -0.1) is 0 Å². The van der Waals surface area contributed by atoms with E-state index in [9.17, 15) is 29.1 Å². The van der Waals surface area contributed by atoms with Crippen molar-refractivity contribution < 1.29 is 34.2 Å². The predicted octanol–water partition coefficient (Wildman–Crippen LogP) is -0.756. The second kappa shape index (κ2) is 15.8. The molecule has 0 aliphatic carbocycles. The van der Waals surface area contributed by atoms with Crippen molar-refractivity contribution in [3.63, 3.8) is 0 Å². The molecule has 0 aliphatic rings. The summed E-state index contributed by atoms with van der Waals surface area (Å²) >= 11 is 2.88. The highest BCUT2D eigenvalue weighted by Crippen LogP contribution is 2.07. The summed E-state index contributed by atoms with van der Waals surface area (Å²) < 4.78 is 0. The maximum Gasteiger partial charge on any atom is 0.326 e. The van der Waals surface area contributed by atoms with E-state index in [2.05, 4.69) is 16.0 Å². The van der Waals surface area contributed by atoms with Crippen LogP contribution < -0.4 is 21.7 Å². The first-order chi connectivity index (χ1) is 14.5. The zero-order chi connectivity index (χ0) is 24.0. The van der Waals surface area contributed by atoms with Crippen LogP contribution >= 0.6 is 23.5 Å². The summed E-state index contributed by atoms with van der Waals surface area (Å²) in [5.74, 6) is -3.34. The minimum Gasteiger partial charge on any atom is -0.481 e. The lowest BCUT2D eigenvalue weighted by atomic mass is 10.1. The molecular formula is C18H32N4O7S2. The van der Waals surface area contributed by atoms with E-state index < -0.39 is 53.8 Å². The first kappa shape index (κ1) is 29.0. The van der Waals surface area contributed by atoms with E-state index in [1.165, 1.54) is 30.4 Å². The molecule has 0 aromatic rings. The van der Waals surface area contributed by atoms with Gasteiger partial charge in [-0.3, -0.25) is 19.2 Å². The van der Waals surface area contributed by atoms with Crippen molar-refractivity contribution in [1.29, 1.82) is 0 Å². The number of aliphatic carboxylic acids is 2. The van der Waals surface area contributed by atoms with E-state index in [0.717, 1.165) is 0 Å². The minimum absolute atomic E-state index is 0.192. The van der Waals surface area contributed by atoms with Gasteiger partial charge in [0, 0.05) is 6.42 Å². The van der Waals surface area contributed by atoms with Gasteiger partial charge in [-0.25, -0.2) is 4.79 Å². The molecule has 11 nitrogen and oxygen atoms in total. The molecule has 0 aromatic heterocycles. The summed E-state index contributed by atoms with van der Waals surface area (Å²) in [4.78, 5) is 59.6. The second-order valence-corrected chi connectivity index (χ2v) is 8.78. The number of nitrogens with one attached hydrogen (secondary N) is 3. The SMILES string of the molecule is CSCCC(NC(=O)C(CCSC)NC(=O)C(CCC(=O)O)NC(=O)C(C)N)C(=O)O. The Morgan fingerprint density at radius 3 is 1.61 bits per heavy atom. The lowest BCUT2D eigenvalue weighted by Crippen LogP contribution is -2.57. The lowest BCUT2D eigenvalue weighted by molar-refractivity contribution is -0.142. The van der Waals surface area contributed by atoms with Crippen molar-refractivity contribution in [2.24, 2.45) is 5.73 Å². The molecule has 0 bridgehead atoms. The van der Waals surface area contributed by atoms with Crippen LogP contribution in [0.5, 0.6) is 0 Å². The highest BCUT2D eigenvalue weighted by molar-refractivity contribution is 7.98. The molecule has 178 valence electrons. The summed E-state index contributed by atoms with van der Waals surface area (Å²) in [5.41, 5.74) is 5.49. The maximum atomic E-state index is 12.7. The highest BCUT2D eigenvalue weighted by Gasteiger charge is 2.29. The van der Waals surface area contributed by atoms with E-state index in [0.29, 0.717) is 11.5 Å². The fraction of sp³-hybridized carbons (Fsp3) is 0.722. The van der Waals surface area contributed by atoms with Crippen molar-refractivity contribution in [3.8, 4) is 0 Å². The molecule has 0 saturated heterocycles. The van der Waals surface area contributed by atoms with Crippen LogP contribution in [0.1, 0.15) is 32.6 Å². The zero-order valence-electron chi connectivity index (χ0n) is 17.9. The van der Waals surface area contributed by atoms with Crippen LogP contribution in [-0.4, -0.2) is 88.1 Å². The van der Waals surface area contributed by atoms with Gasteiger partial charge in [0.25, 0.3) is 0 Å². The van der Waals surface area contributed by atoms with Crippen LogP contribution in [0.3, 0.4) is 0 Å². The van der Waals surface area contributed by atoms with E-state index in [-0.39, 0.29) is 25.7 Å². The number of carboxylic acid groups (broad SMARTS) is 2. The Morgan fingerprint density at radius 1 is 0.774 bits per heavy atom. The topological polar surface area (TPSA) is 188 Å². The van der Waals surface area contributed by atoms with Crippen LogP contribution in [0.15, 0.2) is 0 Å². The van der Waals surface area contributed by atoms with E-state index >= 15 is 0 Å². The molecule has 31 heavy (non-hydrogen) atoms. The molecule has 0 heterocycles. The molecule has 0 saturated carbocycles. The number of amides is 3. The van der Waals surface area contributed by atoms with Gasteiger partial charge in [0.15, 0.2) is 0 Å². The zero-order valence-corrected chi connectivity index (χ0v) is 19.5. The Balaban J connectivity index is 5.36. The van der Waals surface area contributed by atoms with Gasteiger partial charge in [0.1, 0.15) is 18.1 Å². The van der Waals surface area contributed by atoms with Crippen LogP contribution in [0.2, 0.25) is 0 Å². The Morgan fingerprint density at radius 2 is 1.19 bits per heavy atom. The van der Waals surface area contributed by atoms with Crippen molar-refractivity contribution >= 4 is 53.2 Å². The number of nitrogens with two attached hydrogens (primary N) is 1. The van der Waals surface area contributed by atoms with Crippen molar-refractivity contribution in [2.45, 2.75) is 56.8 Å². The number of hydrogen-bond acceptors (Lipinski definition) is 8. The van der Waals surface area contributed by atoms with Gasteiger partial charge in [-0.1, -0.05) is 0 Å². The highest BCUT2D eigenvalue weighted by atomic mass is 32.2. The van der Waals surface area contributed by atoms with E-state index in [1.807, 2.05) is 12.5 Å². The number of rotatable bonds is 16. The second-order valence-electron chi connectivity index (χ2n) is 6.81. The molecule has 4 unspecified atom stereocenters. The van der Waals surface area contributed by atoms with Gasteiger partial charge in [0.2, 0.25) is 17.7 Å². The van der Waals surface area contributed by atoms with Crippen LogP contribution in [-0.2, 0) is 24.0 Å². The molecular weight excluding hydrogens is 448 g/mol. The van der Waals surface area contributed by atoms with Crippen LogP contribution in [0, 0.1) is 0 Å². The summed E-state index contributed by atoms with van der Waals surface area (Å²) in [5, 5.41) is 25.6. The molecule has 4 atom stereocenters. The molecule has 0 radical (unpaired) electrons. The third-order valence-electron chi connectivity index (χ3n) is 4.16. The van der Waals surface area contributed by atoms with E-state index in [1.54, 1.807) is 0 Å². The minimum atomic E-state index is -1.20. The van der Waals surface area contributed by atoms with Gasteiger partial charge < -0.3 is 31.9 Å². The summed E-state index contributed by atoms with van der Waals surface area (Å²) in [6, 6.07) is -4.26. The first-order valence-corrected chi connectivity index (χ1v) is 12.4. The molecule has 0 aromatic carbocycles. The Kier molecular flexibility index (Phi) is 14.7. The molecule has 13 heteroatoms. The number of thioether (sulfide) groups is 2. The predicted molar refractivity (Wildman–Crippen MR) is 120 cm³/mol. The third-order valence-corrected chi connectivity index (χ3v) is 5.45. The van der Waals surface area contributed by atoms with Crippen LogP contribution in [0.4, 0.5) is 0 Å². The molecule has 7 N–H and O–H groups in total. The standard InChI is InChI=1S/C18H32N4O7S2/c1-10(19)15(25)20-11(4-5-14(23)24)16(26)21-12(6-8-30-2)17(27)22-13(18(28)29)7-9-31-3/h10-13H,4-9,19H2,1-3H3,(H,20,25)(H,21,26)(H,22,27)(H,23,24)(H,28,29). The average molecular weight is 481 g/mol. The number of hydrogen-bond donors (Lipinski definition) is 6. The molecule has 0 aliphatic heterocycles. The normalized spacial score (nSPS) is 14.6. The average Bonchev–Trinajstić information content (AvgIpc) is 2.70. The van der Waals surface area contributed by atoms with Gasteiger partial charge in [-0.2, -0.15) is 23.5 Å². The Bertz CT molecular complexity index is 634. The number of carbonyl (C=O) groups is 5. The van der Waals surface area contributed by atoms with Gasteiger partial charge >= 0.3 is 11.9 Å². The van der Waals surface area contributed by atoms with E-state index in [4.69, 9.17) is 10.8 Å².